The van der Waals surface area contributed by atoms with Gasteiger partial charge in [-0.15, -0.1) is 22.9 Å². The van der Waals surface area contributed by atoms with Crippen molar-refractivity contribution in [2.24, 2.45) is 5.92 Å². The largest absolute Gasteiger partial charge is 0.310 e. The molecule has 0 fully saturated rings. The van der Waals surface area contributed by atoms with Gasteiger partial charge in [-0.3, -0.25) is 0 Å². The van der Waals surface area contributed by atoms with E-state index in [1.807, 2.05) is 0 Å². The minimum atomic E-state index is 0.244. The molecule has 1 rings (SSSR count). The second-order valence-electron chi connectivity index (χ2n) is 3.92. The maximum atomic E-state index is 6.36. The van der Waals surface area contributed by atoms with Gasteiger partial charge in [-0.2, -0.15) is 0 Å². The molecule has 4 heteroatoms. The molecule has 0 amide bonds. The van der Waals surface area contributed by atoms with Gasteiger partial charge < -0.3 is 5.32 Å². The van der Waals surface area contributed by atoms with Crippen LogP contribution >= 0.6 is 38.9 Å². The number of hydrogen-bond acceptors (Lipinski definition) is 2. The van der Waals surface area contributed by atoms with E-state index in [1.54, 1.807) is 11.3 Å². The summed E-state index contributed by atoms with van der Waals surface area (Å²) in [5.74, 6) is 0.626. The van der Waals surface area contributed by atoms with E-state index >= 15 is 0 Å². The Kier molecular flexibility index (Phi) is 6.97. The average Bonchev–Trinajstić information content (AvgIpc) is 2.66. The molecule has 0 aliphatic carbocycles. The summed E-state index contributed by atoms with van der Waals surface area (Å²) in [4.78, 5) is 1.34. The topological polar surface area (TPSA) is 12.0 Å². The normalized spacial score (nSPS) is 13.3. The third kappa shape index (κ3) is 4.36. The van der Waals surface area contributed by atoms with Gasteiger partial charge in [-0.05, 0) is 33.3 Å². The summed E-state index contributed by atoms with van der Waals surface area (Å²) in [5.41, 5.74) is 0. The lowest BCUT2D eigenvalue weighted by Gasteiger charge is -2.19. The lowest BCUT2D eigenvalue weighted by atomic mass is 9.99. The van der Waals surface area contributed by atoms with Crippen molar-refractivity contribution in [1.82, 2.24) is 5.32 Å². The van der Waals surface area contributed by atoms with Crippen molar-refractivity contribution in [2.75, 3.05) is 6.54 Å². The van der Waals surface area contributed by atoms with Gasteiger partial charge in [-0.25, -0.2) is 0 Å². The minimum absolute atomic E-state index is 0.244. The van der Waals surface area contributed by atoms with E-state index in [1.165, 1.54) is 9.35 Å². The Morgan fingerprint density at radius 1 is 1.44 bits per heavy atom. The van der Waals surface area contributed by atoms with E-state index in [4.69, 9.17) is 11.6 Å². The van der Waals surface area contributed by atoms with E-state index in [2.05, 4.69) is 46.5 Å². The van der Waals surface area contributed by atoms with Gasteiger partial charge in [0, 0.05) is 27.8 Å². The molecule has 1 nitrogen and oxygen atoms in total. The molecule has 0 radical (unpaired) electrons. The first-order valence-corrected chi connectivity index (χ1v) is 7.86. The molecule has 1 unspecified atom stereocenters. The zero-order valence-electron chi connectivity index (χ0n) is 9.80. The van der Waals surface area contributed by atoms with Gasteiger partial charge in [0.1, 0.15) is 0 Å². The van der Waals surface area contributed by atoms with Crippen molar-refractivity contribution in [3.05, 3.63) is 20.8 Å². The fourth-order valence-electron chi connectivity index (χ4n) is 1.74. The maximum Gasteiger partial charge on any atom is 0.0488 e. The zero-order valence-corrected chi connectivity index (χ0v) is 13.0. The van der Waals surface area contributed by atoms with Gasteiger partial charge in [0.15, 0.2) is 0 Å². The van der Waals surface area contributed by atoms with Gasteiger partial charge in [-0.1, -0.05) is 26.7 Å². The number of hydrogen-bond donors (Lipinski definition) is 1. The third-order valence-corrected chi connectivity index (χ3v) is 5.31. The molecule has 0 saturated heterocycles. The maximum absolute atomic E-state index is 6.36. The van der Waals surface area contributed by atoms with Crippen LogP contribution < -0.4 is 5.32 Å². The summed E-state index contributed by atoms with van der Waals surface area (Å²) in [7, 11) is 0. The molecule has 1 aromatic heterocycles. The molecule has 0 saturated carbocycles. The highest BCUT2D eigenvalue weighted by molar-refractivity contribution is 9.10. The molecule has 92 valence electrons. The van der Waals surface area contributed by atoms with Crippen LogP contribution in [0, 0.1) is 5.92 Å². The fourth-order valence-corrected chi connectivity index (χ4v) is 3.67. The first kappa shape index (κ1) is 14.5. The second-order valence-corrected chi connectivity index (χ2v) is 6.33. The molecular formula is C12H19BrClNS. The summed E-state index contributed by atoms with van der Waals surface area (Å²) in [6, 6.07) is 2.08. The summed E-state index contributed by atoms with van der Waals surface area (Å²) in [5, 5.41) is 5.77. The lowest BCUT2D eigenvalue weighted by Crippen LogP contribution is -2.28. The lowest BCUT2D eigenvalue weighted by molar-refractivity contribution is 0.446. The number of nitrogens with one attached hydrogen (secondary N) is 1. The van der Waals surface area contributed by atoms with Crippen LogP contribution in [0.1, 0.15) is 31.6 Å². The molecular weight excluding hydrogens is 306 g/mol. The number of halogens is 2. The van der Waals surface area contributed by atoms with E-state index < -0.39 is 0 Å². The van der Waals surface area contributed by atoms with Gasteiger partial charge in [0.05, 0.1) is 0 Å². The molecule has 0 aromatic carbocycles. The molecule has 1 atom stereocenters. The summed E-state index contributed by atoms with van der Waals surface area (Å²) in [6.07, 6.45) is 2.32. The van der Waals surface area contributed by atoms with Gasteiger partial charge in [0.25, 0.3) is 0 Å². The smallest absolute Gasteiger partial charge is 0.0488 e. The standard InChI is InChI=1S/C12H19BrClNS/c1-3-9(4-2)11(14)7-15-8-12-10(13)5-6-16-12/h5-6,9,11,15H,3-4,7-8H2,1-2H3. The zero-order chi connectivity index (χ0) is 12.0. The Labute approximate surface area is 116 Å². The van der Waals surface area contributed by atoms with Crippen LogP contribution in [0.25, 0.3) is 0 Å². The van der Waals surface area contributed by atoms with Crippen LogP contribution in [-0.2, 0) is 6.54 Å². The van der Waals surface area contributed by atoms with Crippen molar-refractivity contribution in [3.8, 4) is 0 Å². The predicted octanol–water partition coefficient (Wildman–Crippen LogP) is 4.64. The SMILES string of the molecule is CCC(CC)C(Cl)CNCc1sccc1Br. The van der Waals surface area contributed by atoms with Crippen molar-refractivity contribution < 1.29 is 0 Å². The van der Waals surface area contributed by atoms with E-state index in [0.29, 0.717) is 5.92 Å². The van der Waals surface area contributed by atoms with Gasteiger partial charge >= 0.3 is 0 Å². The van der Waals surface area contributed by atoms with Crippen LogP contribution in [-0.4, -0.2) is 11.9 Å². The van der Waals surface area contributed by atoms with Gasteiger partial charge in [0.2, 0.25) is 0 Å². The fraction of sp³-hybridized carbons (Fsp3) is 0.667. The molecule has 1 aromatic rings. The van der Waals surface area contributed by atoms with Crippen LogP contribution in [0.2, 0.25) is 0 Å². The first-order valence-electron chi connectivity index (χ1n) is 5.75. The van der Waals surface area contributed by atoms with Crippen molar-refractivity contribution in [2.45, 2.75) is 38.6 Å². The summed E-state index contributed by atoms with van der Waals surface area (Å²) in [6.45, 7) is 6.21. The van der Waals surface area contributed by atoms with E-state index in [0.717, 1.165) is 25.9 Å². The Morgan fingerprint density at radius 2 is 2.12 bits per heavy atom. The number of thiophene rings is 1. The quantitative estimate of drug-likeness (QED) is 0.720. The molecule has 0 spiro atoms. The van der Waals surface area contributed by atoms with Crippen molar-refractivity contribution >= 4 is 38.9 Å². The van der Waals surface area contributed by atoms with E-state index in [-0.39, 0.29) is 5.38 Å². The summed E-state index contributed by atoms with van der Waals surface area (Å²) >= 11 is 11.7. The van der Waals surface area contributed by atoms with Crippen LogP contribution in [0.5, 0.6) is 0 Å². The Bertz CT molecular complexity index is 299. The van der Waals surface area contributed by atoms with Crippen molar-refractivity contribution in [1.29, 1.82) is 0 Å². The number of rotatable bonds is 7. The number of alkyl halides is 1. The average molecular weight is 325 g/mol. The predicted molar refractivity (Wildman–Crippen MR) is 77.4 cm³/mol. The monoisotopic (exact) mass is 323 g/mol. The highest BCUT2D eigenvalue weighted by atomic mass is 79.9. The molecule has 1 heterocycles. The second kappa shape index (κ2) is 7.70. The van der Waals surface area contributed by atoms with Crippen LogP contribution in [0.3, 0.4) is 0 Å². The molecule has 0 aliphatic rings. The third-order valence-electron chi connectivity index (χ3n) is 2.88. The summed E-state index contributed by atoms with van der Waals surface area (Å²) < 4.78 is 1.19. The first-order chi connectivity index (χ1) is 7.69. The Morgan fingerprint density at radius 3 is 2.62 bits per heavy atom. The highest BCUT2D eigenvalue weighted by Gasteiger charge is 2.15. The van der Waals surface area contributed by atoms with Crippen LogP contribution in [0.4, 0.5) is 0 Å². The Balaban J connectivity index is 2.27. The molecule has 16 heavy (non-hydrogen) atoms. The molecule has 0 bridgehead atoms. The molecule has 0 aliphatic heterocycles. The minimum Gasteiger partial charge on any atom is -0.310 e. The highest BCUT2D eigenvalue weighted by Crippen LogP contribution is 2.22. The van der Waals surface area contributed by atoms with Crippen LogP contribution in [0.15, 0.2) is 15.9 Å². The Hall–Kier alpha value is 0.430. The molecule has 1 N–H and O–H groups in total. The van der Waals surface area contributed by atoms with Crippen molar-refractivity contribution in [3.63, 3.8) is 0 Å². The van der Waals surface area contributed by atoms with E-state index in [9.17, 15) is 0 Å².